The number of esters is 2. The first kappa shape index (κ1) is 19.4. The maximum Gasteiger partial charge on any atom is 0.343 e. The fraction of sp³-hybridized carbons (Fsp3) is 0.478. The number of ether oxygens (including phenoxy) is 2. The highest BCUT2D eigenvalue weighted by Gasteiger charge is 2.25. The number of unbranched alkanes of at least 4 members (excludes halogenated alkanes) is 3. The van der Waals surface area contributed by atoms with Crippen molar-refractivity contribution in [3.63, 3.8) is 0 Å². The van der Waals surface area contributed by atoms with Crippen molar-refractivity contribution in [3.8, 4) is 5.75 Å². The van der Waals surface area contributed by atoms with Crippen molar-refractivity contribution in [3.05, 3.63) is 47.1 Å². The molecule has 1 aliphatic carbocycles. The van der Waals surface area contributed by atoms with Crippen LogP contribution >= 0.6 is 0 Å². The topological polar surface area (TPSA) is 52.6 Å². The molecule has 1 aromatic carbocycles. The van der Waals surface area contributed by atoms with E-state index in [1.54, 1.807) is 12.1 Å². The Balaban J connectivity index is 1.60. The van der Waals surface area contributed by atoms with Gasteiger partial charge in [0.25, 0.3) is 0 Å². The fourth-order valence-corrected chi connectivity index (χ4v) is 3.58. The van der Waals surface area contributed by atoms with Crippen molar-refractivity contribution < 1.29 is 19.1 Å². The molecule has 2 aliphatic rings. The van der Waals surface area contributed by atoms with Crippen LogP contribution in [-0.4, -0.2) is 11.9 Å². The van der Waals surface area contributed by atoms with Crippen LogP contribution in [0.15, 0.2) is 41.5 Å². The Kier molecular flexibility index (Phi) is 6.86. The van der Waals surface area contributed by atoms with E-state index in [9.17, 15) is 9.59 Å². The molecule has 0 bridgehead atoms. The highest BCUT2D eigenvalue weighted by Crippen LogP contribution is 2.33. The maximum absolute atomic E-state index is 12.2. The fourth-order valence-electron chi connectivity index (χ4n) is 3.58. The standard InChI is InChI=1S/C23H28O4/c1-2-3-4-8-11-22(24)26-19-14-12-18(13-15-19)21-16-20(23(25)27-21)17-9-6-5-7-10-17/h12-16H,2-11H2,1H3. The summed E-state index contributed by atoms with van der Waals surface area (Å²) in [6, 6.07) is 7.15. The van der Waals surface area contributed by atoms with Gasteiger partial charge in [0.15, 0.2) is 0 Å². The lowest BCUT2D eigenvalue weighted by Crippen LogP contribution is -2.07. The summed E-state index contributed by atoms with van der Waals surface area (Å²) in [6.45, 7) is 2.14. The minimum absolute atomic E-state index is 0.199. The van der Waals surface area contributed by atoms with E-state index in [4.69, 9.17) is 9.47 Å². The van der Waals surface area contributed by atoms with E-state index >= 15 is 0 Å². The van der Waals surface area contributed by atoms with Crippen molar-refractivity contribution in [1.29, 1.82) is 0 Å². The average Bonchev–Trinajstić information content (AvgIpc) is 3.08. The number of hydrogen-bond acceptors (Lipinski definition) is 4. The van der Waals surface area contributed by atoms with Gasteiger partial charge in [-0.1, -0.05) is 38.2 Å². The minimum atomic E-state index is -0.246. The van der Waals surface area contributed by atoms with Gasteiger partial charge in [0.1, 0.15) is 11.5 Å². The van der Waals surface area contributed by atoms with Crippen molar-refractivity contribution in [2.75, 3.05) is 0 Å². The van der Waals surface area contributed by atoms with E-state index in [-0.39, 0.29) is 11.9 Å². The molecule has 0 aromatic heterocycles. The Labute approximate surface area is 161 Å². The van der Waals surface area contributed by atoms with Crippen LogP contribution in [0.5, 0.6) is 5.75 Å². The number of allylic oxidation sites excluding steroid dienone is 1. The Hall–Kier alpha value is -2.36. The van der Waals surface area contributed by atoms with Crippen LogP contribution in [0.25, 0.3) is 5.76 Å². The molecule has 144 valence electrons. The predicted molar refractivity (Wildman–Crippen MR) is 105 cm³/mol. The van der Waals surface area contributed by atoms with Crippen LogP contribution in [0.3, 0.4) is 0 Å². The van der Waals surface area contributed by atoms with Gasteiger partial charge < -0.3 is 9.47 Å². The molecule has 1 heterocycles. The largest absolute Gasteiger partial charge is 0.427 e. The van der Waals surface area contributed by atoms with Gasteiger partial charge in [-0.2, -0.15) is 0 Å². The molecule has 0 radical (unpaired) electrons. The first-order chi connectivity index (χ1) is 13.2. The van der Waals surface area contributed by atoms with Gasteiger partial charge in [0.2, 0.25) is 0 Å². The van der Waals surface area contributed by atoms with Gasteiger partial charge in [0, 0.05) is 12.0 Å². The molecule has 0 N–H and O–H groups in total. The minimum Gasteiger partial charge on any atom is -0.427 e. The summed E-state index contributed by atoms with van der Waals surface area (Å²) < 4.78 is 10.8. The van der Waals surface area contributed by atoms with Crippen LogP contribution in [0.1, 0.15) is 76.7 Å². The van der Waals surface area contributed by atoms with Crippen molar-refractivity contribution in [2.45, 2.75) is 71.1 Å². The zero-order valence-electron chi connectivity index (χ0n) is 16.1. The first-order valence-corrected chi connectivity index (χ1v) is 10.1. The molecular formula is C23H28O4. The van der Waals surface area contributed by atoms with Crippen molar-refractivity contribution >= 4 is 17.7 Å². The molecule has 4 heteroatoms. The normalized spacial score (nSPS) is 16.9. The van der Waals surface area contributed by atoms with Crippen molar-refractivity contribution in [1.82, 2.24) is 0 Å². The van der Waals surface area contributed by atoms with E-state index in [1.165, 1.54) is 12.0 Å². The Morgan fingerprint density at radius 2 is 1.78 bits per heavy atom. The van der Waals surface area contributed by atoms with Gasteiger partial charge >= 0.3 is 11.9 Å². The zero-order valence-corrected chi connectivity index (χ0v) is 16.1. The number of carbonyl (C=O) groups is 2. The summed E-state index contributed by atoms with van der Waals surface area (Å²) in [6.07, 6.45) is 12.0. The predicted octanol–water partition coefficient (Wildman–Crippen LogP) is 5.72. The summed E-state index contributed by atoms with van der Waals surface area (Å²) in [4.78, 5) is 24.1. The summed E-state index contributed by atoms with van der Waals surface area (Å²) in [7, 11) is 0. The molecule has 0 saturated heterocycles. The zero-order chi connectivity index (χ0) is 19.1. The first-order valence-electron chi connectivity index (χ1n) is 10.1. The van der Waals surface area contributed by atoms with E-state index in [0.29, 0.717) is 17.9 Å². The molecule has 1 aromatic rings. The molecule has 27 heavy (non-hydrogen) atoms. The Bertz CT molecular complexity index is 732. The monoisotopic (exact) mass is 368 g/mol. The molecule has 3 rings (SSSR count). The third-order valence-electron chi connectivity index (χ3n) is 5.14. The quantitative estimate of drug-likeness (QED) is 0.267. The van der Waals surface area contributed by atoms with Gasteiger partial charge in [-0.05, 0) is 62.4 Å². The van der Waals surface area contributed by atoms with E-state index in [0.717, 1.165) is 62.5 Å². The van der Waals surface area contributed by atoms with Crippen LogP contribution < -0.4 is 4.74 Å². The molecule has 0 unspecified atom stereocenters. The molecule has 0 atom stereocenters. The molecule has 0 spiro atoms. The number of benzene rings is 1. The van der Waals surface area contributed by atoms with Crippen LogP contribution in [0.4, 0.5) is 0 Å². The summed E-state index contributed by atoms with van der Waals surface area (Å²) >= 11 is 0. The molecule has 1 fully saturated rings. The van der Waals surface area contributed by atoms with E-state index in [1.807, 2.05) is 18.2 Å². The molecular weight excluding hydrogens is 340 g/mol. The Morgan fingerprint density at radius 1 is 1.04 bits per heavy atom. The number of rotatable bonds is 7. The maximum atomic E-state index is 12.2. The lowest BCUT2D eigenvalue weighted by molar-refractivity contribution is -0.134. The molecule has 1 aliphatic heterocycles. The molecule has 1 saturated carbocycles. The van der Waals surface area contributed by atoms with Crippen LogP contribution in [0.2, 0.25) is 0 Å². The summed E-state index contributed by atoms with van der Waals surface area (Å²) in [5.74, 6) is 0.653. The lowest BCUT2D eigenvalue weighted by atomic mass is 9.91. The van der Waals surface area contributed by atoms with Gasteiger partial charge in [-0.15, -0.1) is 0 Å². The average molecular weight is 368 g/mol. The Morgan fingerprint density at radius 3 is 2.48 bits per heavy atom. The van der Waals surface area contributed by atoms with Gasteiger partial charge in [0.05, 0.1) is 5.57 Å². The lowest BCUT2D eigenvalue weighted by Gasteiger charge is -2.14. The SMILES string of the molecule is CCCCCCC(=O)Oc1ccc(C2=CC(=C3CCCCC3)C(=O)O2)cc1. The van der Waals surface area contributed by atoms with E-state index in [2.05, 4.69) is 6.92 Å². The summed E-state index contributed by atoms with van der Waals surface area (Å²) in [5, 5.41) is 0. The van der Waals surface area contributed by atoms with Gasteiger partial charge in [-0.3, -0.25) is 4.79 Å². The number of hydrogen-bond donors (Lipinski definition) is 0. The number of carbonyl (C=O) groups excluding carboxylic acids is 2. The second-order valence-electron chi connectivity index (χ2n) is 7.29. The third kappa shape index (κ3) is 5.31. The summed E-state index contributed by atoms with van der Waals surface area (Å²) in [5.41, 5.74) is 2.76. The van der Waals surface area contributed by atoms with Crippen LogP contribution in [0, 0.1) is 0 Å². The third-order valence-corrected chi connectivity index (χ3v) is 5.14. The number of cyclic esters (lactones) is 1. The molecule has 4 nitrogen and oxygen atoms in total. The van der Waals surface area contributed by atoms with Gasteiger partial charge in [-0.25, -0.2) is 4.79 Å². The van der Waals surface area contributed by atoms with E-state index < -0.39 is 0 Å². The second kappa shape index (κ2) is 9.54. The second-order valence-corrected chi connectivity index (χ2v) is 7.29. The highest BCUT2D eigenvalue weighted by molar-refractivity contribution is 6.02. The molecule has 0 amide bonds. The van der Waals surface area contributed by atoms with Crippen LogP contribution in [-0.2, 0) is 14.3 Å². The highest BCUT2D eigenvalue weighted by atomic mass is 16.5. The van der Waals surface area contributed by atoms with Crippen molar-refractivity contribution in [2.24, 2.45) is 0 Å². The smallest absolute Gasteiger partial charge is 0.343 e.